The second-order valence-electron chi connectivity index (χ2n) is 8.93. The van der Waals surface area contributed by atoms with Crippen LogP contribution in [0, 0.1) is 6.92 Å². The lowest BCUT2D eigenvalue weighted by molar-refractivity contribution is -0.142. The van der Waals surface area contributed by atoms with E-state index in [1.807, 2.05) is 17.8 Å². The number of nitrogens with one attached hydrogen (secondary N) is 2. The molecule has 2 aromatic heterocycles. The number of carbonyl (C=O) groups is 1. The Bertz CT molecular complexity index is 1020. The van der Waals surface area contributed by atoms with Crippen molar-refractivity contribution in [3.05, 3.63) is 23.7 Å². The molecular formula is C22H31F3N8O2. The van der Waals surface area contributed by atoms with Crippen LogP contribution in [0.25, 0.3) is 0 Å². The van der Waals surface area contributed by atoms with E-state index in [0.717, 1.165) is 37.8 Å². The van der Waals surface area contributed by atoms with Crippen LogP contribution >= 0.6 is 0 Å². The maximum atomic E-state index is 13.5. The van der Waals surface area contributed by atoms with E-state index in [9.17, 15) is 18.0 Å². The van der Waals surface area contributed by atoms with Gasteiger partial charge in [-0.25, -0.2) is 4.98 Å². The van der Waals surface area contributed by atoms with Gasteiger partial charge in [-0.3, -0.25) is 9.48 Å². The fraction of sp³-hybridized carbons (Fsp3) is 0.636. The van der Waals surface area contributed by atoms with E-state index in [4.69, 9.17) is 4.74 Å². The lowest BCUT2D eigenvalue weighted by Gasteiger charge is -2.28. The van der Waals surface area contributed by atoms with Crippen molar-refractivity contribution in [1.29, 1.82) is 0 Å². The Labute approximate surface area is 201 Å². The van der Waals surface area contributed by atoms with Gasteiger partial charge in [0, 0.05) is 32.0 Å². The van der Waals surface area contributed by atoms with Gasteiger partial charge in [-0.2, -0.15) is 23.3 Å². The molecule has 10 nitrogen and oxygen atoms in total. The molecule has 0 bridgehead atoms. The van der Waals surface area contributed by atoms with Crippen LogP contribution in [0.3, 0.4) is 0 Å². The molecule has 4 heterocycles. The first-order chi connectivity index (χ1) is 16.7. The summed E-state index contributed by atoms with van der Waals surface area (Å²) in [5.41, 5.74) is 0.432. The van der Waals surface area contributed by atoms with E-state index >= 15 is 0 Å². The van der Waals surface area contributed by atoms with Crippen molar-refractivity contribution in [2.75, 3.05) is 63.6 Å². The summed E-state index contributed by atoms with van der Waals surface area (Å²) in [7, 11) is 2.09. The van der Waals surface area contributed by atoms with Crippen molar-refractivity contribution >= 4 is 23.4 Å². The molecule has 192 valence electrons. The Morgan fingerprint density at radius 2 is 2.00 bits per heavy atom. The number of amides is 1. The molecule has 35 heavy (non-hydrogen) atoms. The molecular weight excluding hydrogens is 465 g/mol. The number of carbonyl (C=O) groups excluding carboxylic acids is 1. The van der Waals surface area contributed by atoms with Gasteiger partial charge in [0.15, 0.2) is 0 Å². The van der Waals surface area contributed by atoms with Gasteiger partial charge in [0.25, 0.3) is 0 Å². The number of nitrogens with zero attached hydrogens (tertiary/aromatic N) is 6. The highest BCUT2D eigenvalue weighted by Crippen LogP contribution is 2.34. The van der Waals surface area contributed by atoms with Crippen molar-refractivity contribution in [2.45, 2.75) is 38.4 Å². The smallest absolute Gasteiger partial charge is 0.370 e. The summed E-state index contributed by atoms with van der Waals surface area (Å²) >= 11 is 0. The zero-order chi connectivity index (χ0) is 25.0. The number of halogens is 3. The van der Waals surface area contributed by atoms with Gasteiger partial charge in [-0.05, 0) is 46.3 Å². The molecule has 0 unspecified atom stereocenters. The largest absolute Gasteiger partial charge is 0.421 e. The highest BCUT2D eigenvalue weighted by molar-refractivity contribution is 5.77. The topological polar surface area (TPSA) is 100 Å². The molecule has 0 radical (unpaired) electrons. The number of morpholine rings is 1. The normalized spacial score (nSPS) is 18.2. The molecule has 0 atom stereocenters. The second-order valence-corrected chi connectivity index (χ2v) is 8.93. The first kappa shape index (κ1) is 25.2. The summed E-state index contributed by atoms with van der Waals surface area (Å²) in [5.74, 6) is -0.365. The van der Waals surface area contributed by atoms with Crippen LogP contribution in [-0.4, -0.2) is 88.4 Å². The van der Waals surface area contributed by atoms with Crippen molar-refractivity contribution in [3.8, 4) is 0 Å². The third-order valence-electron chi connectivity index (χ3n) is 6.30. The molecule has 13 heteroatoms. The Morgan fingerprint density at radius 3 is 2.71 bits per heavy atom. The number of hydrogen-bond acceptors (Lipinski definition) is 8. The highest BCUT2D eigenvalue weighted by Gasteiger charge is 2.35. The number of aromatic nitrogens is 4. The standard InChI is InChI=1S/C22H31F3N8O2/c1-15-18(13-33(30-15)16-4-8-31(2)9-5-16)28-21-27-12-17(22(23,24)25)20(29-21)26-6-3-7-32-10-11-35-14-19(32)34/h12-13,16H,3-11,14H2,1-2H3,(H2,26,27,28,29). The van der Waals surface area contributed by atoms with E-state index in [1.165, 1.54) is 0 Å². The molecule has 2 N–H and O–H groups in total. The van der Waals surface area contributed by atoms with Crippen LogP contribution in [0.1, 0.15) is 36.6 Å². The number of likely N-dealkylation sites (tertiary alicyclic amines) is 1. The molecule has 2 saturated heterocycles. The quantitative estimate of drug-likeness (QED) is 0.538. The van der Waals surface area contributed by atoms with Gasteiger partial charge in [0.05, 0.1) is 24.0 Å². The second kappa shape index (κ2) is 10.8. The van der Waals surface area contributed by atoms with Gasteiger partial charge < -0.3 is 25.2 Å². The number of aryl methyl sites for hydroxylation is 1. The molecule has 1 amide bonds. The van der Waals surface area contributed by atoms with Crippen LogP contribution in [0.15, 0.2) is 12.4 Å². The first-order valence-electron chi connectivity index (χ1n) is 11.8. The predicted molar refractivity (Wildman–Crippen MR) is 124 cm³/mol. The summed E-state index contributed by atoms with van der Waals surface area (Å²) in [6.45, 7) is 5.46. The number of ether oxygens (including phenoxy) is 1. The van der Waals surface area contributed by atoms with Gasteiger partial charge >= 0.3 is 6.18 Å². The van der Waals surface area contributed by atoms with Gasteiger partial charge in [0.1, 0.15) is 18.0 Å². The number of rotatable bonds is 8. The molecule has 2 fully saturated rings. The number of anilines is 3. The molecule has 0 saturated carbocycles. The van der Waals surface area contributed by atoms with Gasteiger partial charge in [-0.15, -0.1) is 0 Å². The maximum absolute atomic E-state index is 13.5. The minimum atomic E-state index is -4.60. The minimum Gasteiger partial charge on any atom is -0.370 e. The molecule has 2 aromatic rings. The van der Waals surface area contributed by atoms with Crippen LogP contribution < -0.4 is 10.6 Å². The molecule has 2 aliphatic rings. The van der Waals surface area contributed by atoms with Crippen LogP contribution in [0.5, 0.6) is 0 Å². The summed E-state index contributed by atoms with van der Waals surface area (Å²) < 4.78 is 47.6. The monoisotopic (exact) mass is 496 g/mol. The van der Waals surface area contributed by atoms with Gasteiger partial charge in [-0.1, -0.05) is 0 Å². The lowest BCUT2D eigenvalue weighted by atomic mass is 10.1. The Hall–Kier alpha value is -2.93. The zero-order valence-electron chi connectivity index (χ0n) is 19.9. The third kappa shape index (κ3) is 6.40. The van der Waals surface area contributed by atoms with Crippen LogP contribution in [0.2, 0.25) is 0 Å². The van der Waals surface area contributed by atoms with Crippen molar-refractivity contribution in [2.24, 2.45) is 0 Å². The average molecular weight is 497 g/mol. The highest BCUT2D eigenvalue weighted by atomic mass is 19.4. The van der Waals surface area contributed by atoms with Crippen LogP contribution in [-0.2, 0) is 15.7 Å². The fourth-order valence-electron chi connectivity index (χ4n) is 4.22. The van der Waals surface area contributed by atoms with E-state index in [0.29, 0.717) is 31.8 Å². The Kier molecular flexibility index (Phi) is 7.75. The van der Waals surface area contributed by atoms with Crippen molar-refractivity contribution in [1.82, 2.24) is 29.5 Å². The summed E-state index contributed by atoms with van der Waals surface area (Å²) in [6, 6.07) is 0.282. The number of alkyl halides is 3. The Morgan fingerprint density at radius 1 is 1.23 bits per heavy atom. The summed E-state index contributed by atoms with van der Waals surface area (Å²) in [5, 5.41) is 10.4. The maximum Gasteiger partial charge on any atom is 0.421 e. The van der Waals surface area contributed by atoms with E-state index in [1.54, 1.807) is 4.90 Å². The molecule has 0 aromatic carbocycles. The first-order valence-corrected chi connectivity index (χ1v) is 11.8. The Balaban J connectivity index is 1.42. The number of piperidine rings is 1. The van der Waals surface area contributed by atoms with E-state index < -0.39 is 11.7 Å². The molecule has 0 spiro atoms. The minimum absolute atomic E-state index is 0.0420. The van der Waals surface area contributed by atoms with Crippen molar-refractivity contribution < 1.29 is 22.7 Å². The van der Waals surface area contributed by atoms with E-state index in [2.05, 4.69) is 37.6 Å². The molecule has 2 aliphatic heterocycles. The predicted octanol–water partition coefficient (Wildman–Crippen LogP) is 2.67. The molecule has 4 rings (SSSR count). The average Bonchev–Trinajstić information content (AvgIpc) is 3.17. The fourth-order valence-corrected chi connectivity index (χ4v) is 4.22. The summed E-state index contributed by atoms with van der Waals surface area (Å²) in [6.07, 6.45) is 0.475. The van der Waals surface area contributed by atoms with Crippen molar-refractivity contribution in [3.63, 3.8) is 0 Å². The van der Waals surface area contributed by atoms with Gasteiger partial charge in [0.2, 0.25) is 11.9 Å². The summed E-state index contributed by atoms with van der Waals surface area (Å²) in [4.78, 5) is 23.7. The van der Waals surface area contributed by atoms with E-state index in [-0.39, 0.29) is 36.9 Å². The van der Waals surface area contributed by atoms with Crippen LogP contribution in [0.4, 0.5) is 30.6 Å². The molecule has 0 aliphatic carbocycles. The third-order valence-corrected chi connectivity index (χ3v) is 6.30. The lowest BCUT2D eigenvalue weighted by Crippen LogP contribution is -2.42. The zero-order valence-corrected chi connectivity index (χ0v) is 19.9. The number of hydrogen-bond donors (Lipinski definition) is 2. The SMILES string of the molecule is Cc1nn(C2CCN(C)CC2)cc1Nc1ncc(C(F)(F)F)c(NCCCN2CCOCC2=O)n1.